The highest BCUT2D eigenvalue weighted by atomic mass is 16.3. The number of hydrogen-bond donors (Lipinski definition) is 2. The fourth-order valence-corrected chi connectivity index (χ4v) is 2.21. The zero-order valence-electron chi connectivity index (χ0n) is 14.4. The average molecular weight is 324 g/mol. The standard InChI is InChI=1S/C20H24N2O2/c1-20(2,3)16-9-7-15(8-10-16)18(23)14-22-19(24)12-11-17-6-4-5-13-21-17/h4-13,18,23H,14H2,1-3H3,(H,22,24)/b12-11+. The highest BCUT2D eigenvalue weighted by molar-refractivity contribution is 5.91. The highest BCUT2D eigenvalue weighted by Gasteiger charge is 2.14. The second-order valence-corrected chi connectivity index (χ2v) is 6.72. The third-order valence-corrected chi connectivity index (χ3v) is 3.72. The van der Waals surface area contributed by atoms with Gasteiger partial charge < -0.3 is 10.4 Å². The summed E-state index contributed by atoms with van der Waals surface area (Å²) >= 11 is 0. The van der Waals surface area contributed by atoms with Gasteiger partial charge in [-0.1, -0.05) is 51.1 Å². The molecule has 1 atom stereocenters. The summed E-state index contributed by atoms with van der Waals surface area (Å²) in [6.45, 7) is 6.60. The van der Waals surface area contributed by atoms with Crippen molar-refractivity contribution in [2.24, 2.45) is 0 Å². The van der Waals surface area contributed by atoms with Crippen LogP contribution in [0.15, 0.2) is 54.7 Å². The Bertz CT molecular complexity index is 686. The van der Waals surface area contributed by atoms with Crippen LogP contribution >= 0.6 is 0 Å². The normalized spacial score (nSPS) is 13.0. The number of carbonyl (C=O) groups excluding carboxylic acids is 1. The predicted octanol–water partition coefficient (Wildman–Crippen LogP) is 3.24. The Kier molecular flexibility index (Phi) is 5.88. The van der Waals surface area contributed by atoms with Crippen molar-refractivity contribution in [3.63, 3.8) is 0 Å². The van der Waals surface area contributed by atoms with Crippen molar-refractivity contribution in [3.05, 3.63) is 71.6 Å². The lowest BCUT2D eigenvalue weighted by Crippen LogP contribution is -2.26. The van der Waals surface area contributed by atoms with E-state index in [2.05, 4.69) is 31.1 Å². The minimum absolute atomic E-state index is 0.0773. The van der Waals surface area contributed by atoms with Crippen LogP contribution in [0.2, 0.25) is 0 Å². The monoisotopic (exact) mass is 324 g/mol. The molecule has 1 heterocycles. The maximum absolute atomic E-state index is 11.8. The van der Waals surface area contributed by atoms with Gasteiger partial charge in [-0.25, -0.2) is 0 Å². The van der Waals surface area contributed by atoms with E-state index in [0.29, 0.717) is 5.69 Å². The molecule has 126 valence electrons. The fourth-order valence-electron chi connectivity index (χ4n) is 2.21. The van der Waals surface area contributed by atoms with E-state index in [0.717, 1.165) is 5.56 Å². The number of hydrogen-bond acceptors (Lipinski definition) is 3. The first kappa shape index (κ1) is 17.9. The molecule has 1 amide bonds. The van der Waals surface area contributed by atoms with Crippen LogP contribution in [0.1, 0.15) is 43.7 Å². The van der Waals surface area contributed by atoms with E-state index in [1.807, 2.05) is 42.5 Å². The van der Waals surface area contributed by atoms with Gasteiger partial charge in [0.25, 0.3) is 0 Å². The number of aliphatic hydroxyl groups is 1. The molecule has 0 fully saturated rings. The van der Waals surface area contributed by atoms with Gasteiger partial charge in [-0.2, -0.15) is 0 Å². The summed E-state index contributed by atoms with van der Waals surface area (Å²) in [6, 6.07) is 13.3. The van der Waals surface area contributed by atoms with Gasteiger partial charge in [0.05, 0.1) is 11.8 Å². The number of carbonyl (C=O) groups is 1. The smallest absolute Gasteiger partial charge is 0.244 e. The van der Waals surface area contributed by atoms with E-state index in [4.69, 9.17) is 0 Å². The average Bonchev–Trinajstić information content (AvgIpc) is 2.58. The maximum atomic E-state index is 11.8. The molecule has 0 aliphatic heterocycles. The maximum Gasteiger partial charge on any atom is 0.244 e. The molecule has 4 heteroatoms. The van der Waals surface area contributed by atoms with Gasteiger partial charge in [-0.15, -0.1) is 0 Å². The second-order valence-electron chi connectivity index (χ2n) is 6.72. The molecule has 2 aromatic rings. The summed E-state index contributed by atoms with van der Waals surface area (Å²) in [4.78, 5) is 15.9. The van der Waals surface area contributed by atoms with Crippen LogP contribution in [-0.4, -0.2) is 22.5 Å². The molecule has 4 nitrogen and oxygen atoms in total. The van der Waals surface area contributed by atoms with Gasteiger partial charge in [0.2, 0.25) is 5.91 Å². The minimum Gasteiger partial charge on any atom is -0.387 e. The molecule has 24 heavy (non-hydrogen) atoms. The van der Waals surface area contributed by atoms with Crippen molar-refractivity contribution in [2.75, 3.05) is 6.54 Å². The summed E-state index contributed by atoms with van der Waals surface area (Å²) in [7, 11) is 0. The Balaban J connectivity index is 1.87. The number of benzene rings is 1. The summed E-state index contributed by atoms with van der Waals surface area (Å²) in [6.07, 6.45) is 3.99. The lowest BCUT2D eigenvalue weighted by atomic mass is 9.86. The SMILES string of the molecule is CC(C)(C)c1ccc(C(O)CNC(=O)/C=C/c2ccccn2)cc1. The van der Waals surface area contributed by atoms with Crippen molar-refractivity contribution in [1.29, 1.82) is 0 Å². The van der Waals surface area contributed by atoms with Gasteiger partial charge in [0, 0.05) is 18.8 Å². The van der Waals surface area contributed by atoms with Gasteiger partial charge in [-0.3, -0.25) is 9.78 Å². The van der Waals surface area contributed by atoms with Crippen molar-refractivity contribution < 1.29 is 9.90 Å². The molecule has 0 spiro atoms. The Hall–Kier alpha value is -2.46. The zero-order chi connectivity index (χ0) is 17.6. The Morgan fingerprint density at radius 2 is 1.92 bits per heavy atom. The van der Waals surface area contributed by atoms with Crippen LogP contribution < -0.4 is 5.32 Å². The van der Waals surface area contributed by atoms with Gasteiger partial charge in [-0.05, 0) is 34.8 Å². The van der Waals surface area contributed by atoms with E-state index in [1.54, 1.807) is 12.3 Å². The first-order valence-electron chi connectivity index (χ1n) is 8.02. The van der Waals surface area contributed by atoms with Crippen LogP contribution in [-0.2, 0) is 10.2 Å². The van der Waals surface area contributed by atoms with Crippen molar-refractivity contribution in [2.45, 2.75) is 32.3 Å². The number of aliphatic hydroxyl groups excluding tert-OH is 1. The van der Waals surface area contributed by atoms with Crippen LogP contribution in [0, 0.1) is 0 Å². The van der Waals surface area contributed by atoms with Crippen LogP contribution in [0.25, 0.3) is 6.08 Å². The molecule has 1 aromatic heterocycles. The second kappa shape index (κ2) is 7.88. The number of nitrogens with zero attached hydrogens (tertiary/aromatic N) is 1. The Morgan fingerprint density at radius 3 is 2.50 bits per heavy atom. The molecule has 0 bridgehead atoms. The molecule has 1 aromatic carbocycles. The van der Waals surface area contributed by atoms with Gasteiger partial charge >= 0.3 is 0 Å². The Morgan fingerprint density at radius 1 is 1.21 bits per heavy atom. The molecule has 0 radical (unpaired) electrons. The predicted molar refractivity (Wildman–Crippen MR) is 96.4 cm³/mol. The molecule has 2 rings (SSSR count). The number of aromatic nitrogens is 1. The van der Waals surface area contributed by atoms with Crippen molar-refractivity contribution >= 4 is 12.0 Å². The summed E-state index contributed by atoms with van der Waals surface area (Å²) in [5.74, 6) is -0.258. The summed E-state index contributed by atoms with van der Waals surface area (Å²) in [5.41, 5.74) is 2.79. The van der Waals surface area contributed by atoms with Crippen molar-refractivity contribution in [1.82, 2.24) is 10.3 Å². The lowest BCUT2D eigenvalue weighted by Gasteiger charge is -2.20. The molecular formula is C20H24N2O2. The molecule has 0 saturated heterocycles. The van der Waals surface area contributed by atoms with Crippen LogP contribution in [0.5, 0.6) is 0 Å². The molecule has 0 aliphatic rings. The van der Waals surface area contributed by atoms with Gasteiger partial charge in [0.15, 0.2) is 0 Å². The first-order valence-corrected chi connectivity index (χ1v) is 8.02. The molecule has 1 unspecified atom stereocenters. The van der Waals surface area contributed by atoms with Crippen LogP contribution in [0.3, 0.4) is 0 Å². The van der Waals surface area contributed by atoms with Crippen LogP contribution in [0.4, 0.5) is 0 Å². The van der Waals surface area contributed by atoms with Gasteiger partial charge in [0.1, 0.15) is 0 Å². The van der Waals surface area contributed by atoms with E-state index in [-0.39, 0.29) is 17.9 Å². The van der Waals surface area contributed by atoms with Crippen molar-refractivity contribution in [3.8, 4) is 0 Å². The number of amides is 1. The third kappa shape index (κ3) is 5.32. The zero-order valence-corrected chi connectivity index (χ0v) is 14.4. The minimum atomic E-state index is -0.730. The van der Waals surface area contributed by atoms with E-state index in [9.17, 15) is 9.90 Å². The quantitative estimate of drug-likeness (QED) is 0.830. The third-order valence-electron chi connectivity index (χ3n) is 3.72. The molecule has 2 N–H and O–H groups in total. The first-order chi connectivity index (χ1) is 11.4. The van der Waals surface area contributed by atoms with E-state index in [1.165, 1.54) is 11.6 Å². The topological polar surface area (TPSA) is 62.2 Å². The molecular weight excluding hydrogens is 300 g/mol. The number of pyridine rings is 1. The van der Waals surface area contributed by atoms with E-state index >= 15 is 0 Å². The summed E-state index contributed by atoms with van der Waals surface area (Å²) < 4.78 is 0. The largest absolute Gasteiger partial charge is 0.387 e. The molecule has 0 saturated carbocycles. The fraction of sp³-hybridized carbons (Fsp3) is 0.300. The number of rotatable bonds is 5. The highest BCUT2D eigenvalue weighted by Crippen LogP contribution is 2.23. The lowest BCUT2D eigenvalue weighted by molar-refractivity contribution is -0.116. The molecule has 0 aliphatic carbocycles. The summed E-state index contributed by atoms with van der Waals surface area (Å²) in [5, 5.41) is 12.9. The Labute approximate surface area is 143 Å². The number of nitrogens with one attached hydrogen (secondary N) is 1. The van der Waals surface area contributed by atoms with E-state index < -0.39 is 6.10 Å².